The molecule has 4 nitrogen and oxygen atoms in total. The van der Waals surface area contributed by atoms with Gasteiger partial charge in [-0.2, -0.15) is 11.3 Å². The molecule has 2 heterocycles. The predicted molar refractivity (Wildman–Crippen MR) is 74.9 cm³/mol. The highest BCUT2D eigenvalue weighted by atomic mass is 32.2. The third-order valence-corrected chi connectivity index (χ3v) is 5.35. The molecule has 1 fully saturated rings. The Bertz CT molecular complexity index is 433. The maximum absolute atomic E-state index is 11.9. The van der Waals surface area contributed by atoms with Crippen LogP contribution in [-0.2, 0) is 15.6 Å². The summed E-state index contributed by atoms with van der Waals surface area (Å²) in [5.41, 5.74) is 1.14. The number of rotatable bonds is 5. The molecule has 100 valence electrons. The second-order valence-electron chi connectivity index (χ2n) is 4.53. The van der Waals surface area contributed by atoms with Crippen molar-refractivity contribution in [3.05, 3.63) is 22.4 Å². The fourth-order valence-corrected chi connectivity index (χ4v) is 3.12. The lowest BCUT2D eigenvalue weighted by atomic mass is 10.2. The van der Waals surface area contributed by atoms with E-state index in [2.05, 4.69) is 10.7 Å². The normalized spacial score (nSPS) is 23.3. The van der Waals surface area contributed by atoms with Crippen molar-refractivity contribution in [1.82, 2.24) is 10.2 Å². The first-order valence-corrected chi connectivity index (χ1v) is 8.53. The fourth-order valence-electron chi connectivity index (χ4n) is 2.01. The zero-order chi connectivity index (χ0) is 13.1. The van der Waals surface area contributed by atoms with Crippen molar-refractivity contribution in [2.75, 3.05) is 19.3 Å². The predicted octanol–water partition coefficient (Wildman–Crippen LogP) is 1.34. The number of thiophene rings is 1. The average molecular weight is 286 g/mol. The van der Waals surface area contributed by atoms with Gasteiger partial charge >= 0.3 is 0 Å². The fraction of sp³-hybridized carbons (Fsp3) is 0.583. The van der Waals surface area contributed by atoms with Crippen LogP contribution in [0, 0.1) is 0 Å². The Morgan fingerprint density at radius 1 is 1.67 bits per heavy atom. The van der Waals surface area contributed by atoms with Crippen molar-refractivity contribution in [1.29, 1.82) is 0 Å². The van der Waals surface area contributed by atoms with Gasteiger partial charge in [0.1, 0.15) is 6.17 Å². The first-order valence-electron chi connectivity index (χ1n) is 5.96. The lowest BCUT2D eigenvalue weighted by Gasteiger charge is -2.24. The summed E-state index contributed by atoms with van der Waals surface area (Å²) < 4.78 is 11.3. The van der Waals surface area contributed by atoms with E-state index in [1.54, 1.807) is 17.6 Å². The number of nitrogens with one attached hydrogen (secondary N) is 1. The monoisotopic (exact) mass is 286 g/mol. The van der Waals surface area contributed by atoms with E-state index >= 15 is 0 Å². The highest BCUT2D eigenvalue weighted by Crippen LogP contribution is 2.24. The zero-order valence-corrected chi connectivity index (χ0v) is 12.2. The van der Waals surface area contributed by atoms with Gasteiger partial charge in [-0.1, -0.05) is 6.92 Å². The molecule has 1 amide bonds. The number of carbonyl (C=O) groups is 1. The van der Waals surface area contributed by atoms with Crippen LogP contribution in [0.2, 0.25) is 0 Å². The van der Waals surface area contributed by atoms with Crippen molar-refractivity contribution in [2.24, 2.45) is 0 Å². The van der Waals surface area contributed by atoms with Gasteiger partial charge in [0.25, 0.3) is 0 Å². The minimum absolute atomic E-state index is 0.0127. The molecule has 6 heteroatoms. The van der Waals surface area contributed by atoms with Gasteiger partial charge in [0, 0.05) is 28.9 Å². The van der Waals surface area contributed by atoms with Gasteiger partial charge in [0.05, 0.1) is 6.54 Å². The van der Waals surface area contributed by atoms with Crippen molar-refractivity contribution in [2.45, 2.75) is 24.8 Å². The molecule has 0 aromatic carbocycles. The quantitative estimate of drug-likeness (QED) is 0.888. The molecule has 0 aliphatic carbocycles. The molecule has 1 N–H and O–H groups in total. The summed E-state index contributed by atoms with van der Waals surface area (Å²) in [7, 11) is -0.826. The van der Waals surface area contributed by atoms with E-state index < -0.39 is 10.8 Å². The topological polar surface area (TPSA) is 49.4 Å². The highest BCUT2D eigenvalue weighted by Gasteiger charge is 2.31. The van der Waals surface area contributed by atoms with Crippen LogP contribution in [0.15, 0.2) is 16.8 Å². The molecular formula is C12H18N2O2S2. The van der Waals surface area contributed by atoms with E-state index in [0.717, 1.165) is 12.0 Å². The van der Waals surface area contributed by atoms with Gasteiger partial charge < -0.3 is 4.90 Å². The van der Waals surface area contributed by atoms with E-state index in [9.17, 15) is 9.00 Å². The Hall–Kier alpha value is -0.720. The summed E-state index contributed by atoms with van der Waals surface area (Å²) in [6, 6.07) is 2.04. The highest BCUT2D eigenvalue weighted by molar-refractivity contribution is 7.84. The Balaban J connectivity index is 2.00. The van der Waals surface area contributed by atoms with Gasteiger partial charge in [-0.25, -0.2) is 0 Å². The molecule has 1 aromatic rings. The van der Waals surface area contributed by atoms with Crippen LogP contribution < -0.4 is 5.32 Å². The zero-order valence-electron chi connectivity index (χ0n) is 10.6. The van der Waals surface area contributed by atoms with Gasteiger partial charge in [-0.3, -0.25) is 14.3 Å². The van der Waals surface area contributed by atoms with Crippen molar-refractivity contribution in [3.63, 3.8) is 0 Å². The third kappa shape index (κ3) is 2.99. The molecule has 0 saturated carbocycles. The molecule has 0 bridgehead atoms. The molecule has 0 radical (unpaired) electrons. The number of hydrogen-bond acceptors (Lipinski definition) is 4. The first-order chi connectivity index (χ1) is 8.59. The molecule has 1 aromatic heterocycles. The second-order valence-corrected chi connectivity index (χ2v) is 7.11. The molecule has 3 unspecified atom stereocenters. The maximum atomic E-state index is 11.9. The van der Waals surface area contributed by atoms with Crippen LogP contribution in [-0.4, -0.2) is 39.6 Å². The Morgan fingerprint density at radius 2 is 2.44 bits per heavy atom. The van der Waals surface area contributed by atoms with Crippen molar-refractivity contribution < 1.29 is 9.00 Å². The number of amides is 1. The second kappa shape index (κ2) is 5.95. The smallest absolute Gasteiger partial charge is 0.238 e. The van der Waals surface area contributed by atoms with Gasteiger partial charge in [-0.05, 0) is 28.8 Å². The Kier molecular flexibility index (Phi) is 4.53. The molecule has 1 saturated heterocycles. The van der Waals surface area contributed by atoms with E-state index in [-0.39, 0.29) is 17.3 Å². The van der Waals surface area contributed by atoms with Crippen LogP contribution in [0.4, 0.5) is 0 Å². The van der Waals surface area contributed by atoms with Crippen LogP contribution in [0.1, 0.15) is 25.1 Å². The maximum Gasteiger partial charge on any atom is 0.238 e. The Labute approximate surface area is 114 Å². The number of carbonyl (C=O) groups excluding carboxylic acids is 1. The summed E-state index contributed by atoms with van der Waals surface area (Å²) in [4.78, 5) is 13.7. The summed E-state index contributed by atoms with van der Waals surface area (Å²) >= 11 is 1.63. The first kappa shape index (κ1) is 13.7. The van der Waals surface area contributed by atoms with Gasteiger partial charge in [0.2, 0.25) is 5.91 Å². The van der Waals surface area contributed by atoms with Crippen LogP contribution in [0.5, 0.6) is 0 Å². The lowest BCUT2D eigenvalue weighted by molar-refractivity contribution is -0.128. The summed E-state index contributed by atoms with van der Waals surface area (Å²) in [6.45, 7) is 3.01. The summed E-state index contributed by atoms with van der Waals surface area (Å²) in [5.74, 6) is 0.125. The van der Waals surface area contributed by atoms with Crippen molar-refractivity contribution >= 4 is 28.0 Å². The molecular weight excluding hydrogens is 268 g/mol. The minimum atomic E-state index is -0.826. The van der Waals surface area contributed by atoms with Crippen LogP contribution >= 0.6 is 11.3 Å². The Morgan fingerprint density at radius 3 is 3.06 bits per heavy atom. The minimum Gasteiger partial charge on any atom is -0.322 e. The largest absolute Gasteiger partial charge is 0.322 e. The van der Waals surface area contributed by atoms with Gasteiger partial charge in [-0.15, -0.1) is 0 Å². The number of nitrogens with zero attached hydrogens (tertiary/aromatic N) is 1. The molecule has 1 aliphatic rings. The van der Waals surface area contributed by atoms with Crippen molar-refractivity contribution in [3.8, 4) is 0 Å². The van der Waals surface area contributed by atoms with E-state index in [1.807, 2.05) is 23.3 Å². The lowest BCUT2D eigenvalue weighted by Crippen LogP contribution is -2.32. The van der Waals surface area contributed by atoms with E-state index in [1.165, 1.54) is 0 Å². The molecule has 3 atom stereocenters. The van der Waals surface area contributed by atoms with Crippen LogP contribution in [0.25, 0.3) is 0 Å². The molecule has 18 heavy (non-hydrogen) atoms. The van der Waals surface area contributed by atoms with E-state index in [4.69, 9.17) is 0 Å². The summed E-state index contributed by atoms with van der Waals surface area (Å²) in [6.07, 6.45) is 2.48. The number of hydrogen-bond donors (Lipinski definition) is 1. The van der Waals surface area contributed by atoms with Gasteiger partial charge in [0.15, 0.2) is 0 Å². The van der Waals surface area contributed by atoms with Crippen LogP contribution in [0.3, 0.4) is 0 Å². The average Bonchev–Trinajstić information content (AvgIpc) is 2.95. The third-order valence-electron chi connectivity index (χ3n) is 3.28. The SMILES string of the molecule is CC(CCN1C(=O)CNC1c1ccsc1)S(C)=O. The summed E-state index contributed by atoms with van der Waals surface area (Å²) in [5, 5.41) is 7.42. The standard InChI is InChI=1S/C12H18N2O2S2/c1-9(18(2)16)3-5-14-11(15)7-13-12(14)10-4-6-17-8-10/h4,6,8-9,12-13H,3,5,7H2,1-2H3. The van der Waals surface area contributed by atoms with E-state index in [0.29, 0.717) is 13.1 Å². The molecule has 2 rings (SSSR count). The molecule has 1 aliphatic heterocycles. The molecule has 0 spiro atoms.